The van der Waals surface area contributed by atoms with Gasteiger partial charge in [-0.1, -0.05) is 0 Å². The summed E-state index contributed by atoms with van der Waals surface area (Å²) >= 11 is 0. The third-order valence-corrected chi connectivity index (χ3v) is 2.42. The van der Waals surface area contributed by atoms with E-state index in [1.54, 1.807) is 11.9 Å². The van der Waals surface area contributed by atoms with Crippen LogP contribution in [0.15, 0.2) is 0 Å². The maximum Gasteiger partial charge on any atom is 0.236 e. The van der Waals surface area contributed by atoms with Gasteiger partial charge in [0, 0.05) is 19.0 Å². The van der Waals surface area contributed by atoms with Crippen LogP contribution in [0.4, 0.5) is 4.39 Å². The van der Waals surface area contributed by atoms with Gasteiger partial charge in [-0.2, -0.15) is 0 Å². The zero-order chi connectivity index (χ0) is 9.68. The van der Waals surface area contributed by atoms with E-state index in [1.807, 2.05) is 0 Å². The van der Waals surface area contributed by atoms with E-state index in [9.17, 15) is 9.18 Å². The second-order valence-electron chi connectivity index (χ2n) is 3.53. The van der Waals surface area contributed by atoms with Crippen LogP contribution in [0.1, 0.15) is 12.8 Å². The van der Waals surface area contributed by atoms with Gasteiger partial charge in [0.05, 0.1) is 13.2 Å². The van der Waals surface area contributed by atoms with Gasteiger partial charge in [0.15, 0.2) is 0 Å². The molecular formula is C9H17FN2O. The van der Waals surface area contributed by atoms with E-state index in [-0.39, 0.29) is 18.5 Å². The molecule has 0 aromatic rings. The molecule has 1 heterocycles. The number of halogens is 1. The highest BCUT2D eigenvalue weighted by Crippen LogP contribution is 2.16. The van der Waals surface area contributed by atoms with E-state index >= 15 is 0 Å². The number of nitrogens with zero attached hydrogens (tertiary/aromatic N) is 1. The smallest absolute Gasteiger partial charge is 0.236 e. The second kappa shape index (κ2) is 5.17. The average Bonchev–Trinajstić information content (AvgIpc) is 2.18. The minimum atomic E-state index is -0.302. The molecule has 13 heavy (non-hydrogen) atoms. The number of nitrogens with one attached hydrogen (secondary N) is 1. The largest absolute Gasteiger partial charge is 0.341 e. The number of likely N-dealkylation sites (tertiary alicyclic amines) is 1. The van der Waals surface area contributed by atoms with Crippen LogP contribution in [0.2, 0.25) is 0 Å². The van der Waals surface area contributed by atoms with E-state index in [1.165, 1.54) is 0 Å². The third kappa shape index (κ3) is 2.95. The molecule has 1 saturated heterocycles. The second-order valence-corrected chi connectivity index (χ2v) is 3.53. The highest BCUT2D eigenvalue weighted by molar-refractivity contribution is 5.78. The van der Waals surface area contributed by atoms with Crippen molar-refractivity contribution in [2.24, 2.45) is 5.92 Å². The van der Waals surface area contributed by atoms with E-state index in [2.05, 4.69) is 5.32 Å². The molecule has 1 aliphatic heterocycles. The lowest BCUT2D eigenvalue weighted by molar-refractivity contribution is -0.132. The molecule has 0 aliphatic carbocycles. The van der Waals surface area contributed by atoms with Crippen LogP contribution in [0.25, 0.3) is 0 Å². The van der Waals surface area contributed by atoms with Gasteiger partial charge in [0.2, 0.25) is 5.91 Å². The number of amides is 1. The molecule has 1 rings (SSSR count). The molecule has 0 bridgehead atoms. The fourth-order valence-corrected chi connectivity index (χ4v) is 1.68. The van der Waals surface area contributed by atoms with Gasteiger partial charge < -0.3 is 10.2 Å². The molecule has 0 aromatic carbocycles. The summed E-state index contributed by atoms with van der Waals surface area (Å²) in [5, 5.41) is 2.81. The van der Waals surface area contributed by atoms with Crippen molar-refractivity contribution in [3.8, 4) is 0 Å². The summed E-state index contributed by atoms with van der Waals surface area (Å²) in [4.78, 5) is 13.2. The first kappa shape index (κ1) is 10.4. The quantitative estimate of drug-likeness (QED) is 0.696. The topological polar surface area (TPSA) is 32.3 Å². The molecule has 1 fully saturated rings. The van der Waals surface area contributed by atoms with Crippen LogP contribution in [0, 0.1) is 5.92 Å². The Bertz CT molecular complexity index is 175. The Kier molecular flexibility index (Phi) is 4.15. The van der Waals surface area contributed by atoms with Gasteiger partial charge in [-0.3, -0.25) is 9.18 Å². The summed E-state index contributed by atoms with van der Waals surface area (Å²) in [7, 11) is 1.74. The maximum atomic E-state index is 12.3. The highest BCUT2D eigenvalue weighted by atomic mass is 19.1. The predicted molar refractivity (Wildman–Crippen MR) is 49.2 cm³/mol. The fraction of sp³-hybridized carbons (Fsp3) is 0.889. The molecule has 3 nitrogen and oxygen atoms in total. The van der Waals surface area contributed by atoms with Gasteiger partial charge in [0.25, 0.3) is 0 Å². The first-order valence-corrected chi connectivity index (χ1v) is 4.76. The minimum Gasteiger partial charge on any atom is -0.341 e. The molecule has 76 valence electrons. The zero-order valence-corrected chi connectivity index (χ0v) is 8.05. The lowest BCUT2D eigenvalue weighted by atomic mass is 9.99. The fourth-order valence-electron chi connectivity index (χ4n) is 1.68. The van der Waals surface area contributed by atoms with Crippen molar-refractivity contribution in [2.75, 3.05) is 33.4 Å². The van der Waals surface area contributed by atoms with E-state index in [0.29, 0.717) is 13.1 Å². The predicted octanol–water partition coefficient (Wildman–Crippen LogP) is 0.414. The van der Waals surface area contributed by atoms with Gasteiger partial charge in [-0.25, -0.2) is 0 Å². The highest BCUT2D eigenvalue weighted by Gasteiger charge is 2.22. The first-order chi connectivity index (χ1) is 6.27. The standard InChI is InChI=1S/C9H17FN2O/c1-11-6-9(13)12-4-2-3-8(5-10)7-12/h8,11H,2-7H2,1H3. The number of carbonyl (C=O) groups is 1. The summed E-state index contributed by atoms with van der Waals surface area (Å²) in [6.45, 7) is 1.44. The van der Waals surface area contributed by atoms with Crippen molar-refractivity contribution in [3.63, 3.8) is 0 Å². The monoisotopic (exact) mass is 188 g/mol. The SMILES string of the molecule is CNCC(=O)N1CCCC(CF)C1. The summed E-state index contributed by atoms with van der Waals surface area (Å²) in [6.07, 6.45) is 1.85. The van der Waals surface area contributed by atoms with Crippen molar-refractivity contribution in [1.29, 1.82) is 0 Å². The number of likely N-dealkylation sites (N-methyl/N-ethyl adjacent to an activating group) is 1. The van der Waals surface area contributed by atoms with Crippen molar-refractivity contribution in [1.82, 2.24) is 10.2 Å². The molecule has 0 spiro atoms. The van der Waals surface area contributed by atoms with Crippen molar-refractivity contribution < 1.29 is 9.18 Å². The van der Waals surface area contributed by atoms with E-state index in [4.69, 9.17) is 0 Å². The lowest BCUT2D eigenvalue weighted by Gasteiger charge is -2.31. The van der Waals surface area contributed by atoms with Crippen LogP contribution in [0.3, 0.4) is 0 Å². The Morgan fingerprint density at radius 1 is 1.69 bits per heavy atom. The van der Waals surface area contributed by atoms with Crippen LogP contribution < -0.4 is 5.32 Å². The number of hydrogen-bond donors (Lipinski definition) is 1. The molecule has 1 unspecified atom stereocenters. The van der Waals surface area contributed by atoms with E-state index in [0.717, 1.165) is 19.4 Å². The normalized spacial score (nSPS) is 23.2. The van der Waals surface area contributed by atoms with Crippen LogP contribution >= 0.6 is 0 Å². The molecule has 0 aromatic heterocycles. The summed E-state index contributed by atoms with van der Waals surface area (Å²) < 4.78 is 12.3. The Labute approximate surface area is 78.3 Å². The van der Waals surface area contributed by atoms with Gasteiger partial charge in [-0.15, -0.1) is 0 Å². The number of alkyl halides is 1. The van der Waals surface area contributed by atoms with Crippen molar-refractivity contribution in [2.45, 2.75) is 12.8 Å². The number of rotatable bonds is 3. The Balaban J connectivity index is 2.37. The molecule has 4 heteroatoms. The number of hydrogen-bond acceptors (Lipinski definition) is 2. The number of piperidine rings is 1. The molecule has 1 amide bonds. The lowest BCUT2D eigenvalue weighted by Crippen LogP contribution is -2.43. The Morgan fingerprint density at radius 3 is 3.08 bits per heavy atom. The van der Waals surface area contributed by atoms with Crippen LogP contribution in [-0.4, -0.2) is 44.2 Å². The molecule has 0 radical (unpaired) electrons. The maximum absolute atomic E-state index is 12.3. The summed E-state index contributed by atoms with van der Waals surface area (Å²) in [5.74, 6) is 0.148. The van der Waals surface area contributed by atoms with Gasteiger partial charge in [0.1, 0.15) is 0 Å². The first-order valence-electron chi connectivity index (χ1n) is 4.76. The third-order valence-electron chi connectivity index (χ3n) is 2.42. The summed E-state index contributed by atoms with van der Waals surface area (Å²) in [5.41, 5.74) is 0. The molecule has 1 atom stereocenters. The number of carbonyl (C=O) groups excluding carboxylic acids is 1. The summed E-state index contributed by atoms with van der Waals surface area (Å²) in [6, 6.07) is 0. The van der Waals surface area contributed by atoms with E-state index < -0.39 is 0 Å². The van der Waals surface area contributed by atoms with Crippen LogP contribution in [0.5, 0.6) is 0 Å². The molecule has 1 aliphatic rings. The zero-order valence-electron chi connectivity index (χ0n) is 8.05. The van der Waals surface area contributed by atoms with Crippen molar-refractivity contribution >= 4 is 5.91 Å². The molecular weight excluding hydrogens is 171 g/mol. The van der Waals surface area contributed by atoms with Gasteiger partial charge in [-0.05, 0) is 19.9 Å². The Morgan fingerprint density at radius 2 is 2.46 bits per heavy atom. The Hall–Kier alpha value is -0.640. The molecule has 1 N–H and O–H groups in total. The average molecular weight is 188 g/mol. The van der Waals surface area contributed by atoms with Crippen LogP contribution in [-0.2, 0) is 4.79 Å². The van der Waals surface area contributed by atoms with Gasteiger partial charge >= 0.3 is 0 Å². The molecule has 0 saturated carbocycles. The minimum absolute atomic E-state index is 0.0644. The van der Waals surface area contributed by atoms with Crippen molar-refractivity contribution in [3.05, 3.63) is 0 Å².